The Labute approximate surface area is 187 Å². The smallest absolute Gasteiger partial charge is 0.257 e. The van der Waals surface area contributed by atoms with Gasteiger partial charge in [-0.05, 0) is 31.0 Å². The first-order valence-corrected chi connectivity index (χ1v) is 10.7. The number of benzene rings is 2. The first kappa shape index (κ1) is 21.8. The number of nitrogens with zero attached hydrogens (tertiary/aromatic N) is 4. The highest BCUT2D eigenvalue weighted by Gasteiger charge is 2.33. The molecular formula is C24H28N4O4. The Morgan fingerprint density at radius 1 is 1.12 bits per heavy atom. The molecule has 1 atom stereocenters. The van der Waals surface area contributed by atoms with Gasteiger partial charge in [-0.1, -0.05) is 35.5 Å². The Morgan fingerprint density at radius 3 is 2.62 bits per heavy atom. The van der Waals surface area contributed by atoms with E-state index in [9.17, 15) is 4.79 Å². The van der Waals surface area contributed by atoms with Crippen molar-refractivity contribution in [2.75, 3.05) is 33.9 Å². The van der Waals surface area contributed by atoms with E-state index in [-0.39, 0.29) is 11.9 Å². The predicted octanol–water partition coefficient (Wildman–Crippen LogP) is 3.48. The first-order chi connectivity index (χ1) is 15.6. The van der Waals surface area contributed by atoms with Crippen LogP contribution in [0, 0.1) is 6.92 Å². The second-order valence-electron chi connectivity index (χ2n) is 7.82. The monoisotopic (exact) mass is 436 g/mol. The summed E-state index contributed by atoms with van der Waals surface area (Å²) in [7, 11) is 3.14. The zero-order chi connectivity index (χ0) is 22.5. The van der Waals surface area contributed by atoms with Crippen molar-refractivity contribution in [3.8, 4) is 11.5 Å². The highest BCUT2D eigenvalue weighted by molar-refractivity contribution is 5.97. The third-order valence-electron chi connectivity index (χ3n) is 5.69. The SMILES string of the molecule is COc1ccc(C(=O)N2CCCN(Cc3ccccc3)C(c3nc(C)no3)C2)c(OC)c1. The Kier molecular flexibility index (Phi) is 6.70. The maximum atomic E-state index is 13.5. The minimum Gasteiger partial charge on any atom is -0.497 e. The highest BCUT2D eigenvalue weighted by Crippen LogP contribution is 2.30. The molecule has 3 aromatic rings. The quantitative estimate of drug-likeness (QED) is 0.585. The van der Waals surface area contributed by atoms with Crippen LogP contribution in [0.15, 0.2) is 53.1 Å². The number of methoxy groups -OCH3 is 2. The molecule has 1 saturated heterocycles. The molecule has 1 aliphatic rings. The first-order valence-electron chi connectivity index (χ1n) is 10.7. The molecule has 32 heavy (non-hydrogen) atoms. The standard InChI is InChI=1S/C24H28N4O4/c1-17-25-23(32-26-17)21-16-28(13-7-12-27(21)15-18-8-5-4-6-9-18)24(29)20-11-10-19(30-2)14-22(20)31-3/h4-6,8-11,14,21H,7,12-13,15-16H2,1-3H3. The number of carbonyl (C=O) groups excluding carboxylic acids is 1. The maximum Gasteiger partial charge on any atom is 0.257 e. The van der Waals surface area contributed by atoms with Crippen LogP contribution in [0.5, 0.6) is 11.5 Å². The summed E-state index contributed by atoms with van der Waals surface area (Å²) in [6.07, 6.45) is 0.834. The fourth-order valence-corrected chi connectivity index (χ4v) is 4.06. The molecule has 8 nitrogen and oxygen atoms in total. The summed E-state index contributed by atoms with van der Waals surface area (Å²) in [5, 5.41) is 3.99. The van der Waals surface area contributed by atoms with Gasteiger partial charge in [0.25, 0.3) is 5.91 Å². The van der Waals surface area contributed by atoms with Gasteiger partial charge >= 0.3 is 0 Å². The number of hydrogen-bond acceptors (Lipinski definition) is 7. The molecule has 1 aromatic heterocycles. The van der Waals surface area contributed by atoms with Crippen molar-refractivity contribution >= 4 is 5.91 Å². The van der Waals surface area contributed by atoms with E-state index in [0.717, 1.165) is 19.5 Å². The second-order valence-corrected chi connectivity index (χ2v) is 7.82. The third kappa shape index (κ3) is 4.75. The molecule has 1 amide bonds. The van der Waals surface area contributed by atoms with Crippen LogP contribution in [0.25, 0.3) is 0 Å². The Morgan fingerprint density at radius 2 is 1.94 bits per heavy atom. The molecule has 2 heterocycles. The van der Waals surface area contributed by atoms with Gasteiger partial charge in [0.2, 0.25) is 5.89 Å². The van der Waals surface area contributed by atoms with Crippen LogP contribution >= 0.6 is 0 Å². The topological polar surface area (TPSA) is 80.9 Å². The van der Waals surface area contributed by atoms with Crippen molar-refractivity contribution in [2.24, 2.45) is 0 Å². The lowest BCUT2D eigenvalue weighted by molar-refractivity contribution is 0.0708. The predicted molar refractivity (Wildman–Crippen MR) is 119 cm³/mol. The zero-order valence-corrected chi connectivity index (χ0v) is 18.7. The number of aromatic nitrogens is 2. The van der Waals surface area contributed by atoms with E-state index in [1.54, 1.807) is 39.3 Å². The molecule has 1 aliphatic heterocycles. The molecule has 0 saturated carbocycles. The number of rotatable bonds is 6. The fourth-order valence-electron chi connectivity index (χ4n) is 4.06. The average Bonchev–Trinajstić information content (AvgIpc) is 3.15. The summed E-state index contributed by atoms with van der Waals surface area (Å²) < 4.78 is 16.3. The van der Waals surface area contributed by atoms with Gasteiger partial charge < -0.3 is 18.9 Å². The molecule has 0 aliphatic carbocycles. The lowest BCUT2D eigenvalue weighted by Gasteiger charge is -2.29. The van der Waals surface area contributed by atoms with Gasteiger partial charge in [0.05, 0.1) is 19.8 Å². The average molecular weight is 437 g/mol. The van der Waals surface area contributed by atoms with E-state index in [2.05, 4.69) is 27.2 Å². The molecular weight excluding hydrogens is 408 g/mol. The van der Waals surface area contributed by atoms with Gasteiger partial charge in [0, 0.05) is 32.2 Å². The number of ether oxygens (including phenoxy) is 2. The van der Waals surface area contributed by atoms with Crippen LogP contribution in [-0.2, 0) is 6.54 Å². The Hall–Kier alpha value is -3.39. The Balaban J connectivity index is 1.62. The van der Waals surface area contributed by atoms with Crippen LogP contribution in [0.4, 0.5) is 0 Å². The molecule has 4 rings (SSSR count). The van der Waals surface area contributed by atoms with Crippen molar-refractivity contribution in [3.63, 3.8) is 0 Å². The molecule has 1 fully saturated rings. The van der Waals surface area contributed by atoms with E-state index in [0.29, 0.717) is 41.9 Å². The van der Waals surface area contributed by atoms with Gasteiger partial charge in [-0.15, -0.1) is 0 Å². The summed E-state index contributed by atoms with van der Waals surface area (Å²) in [5.41, 5.74) is 1.70. The molecule has 0 bridgehead atoms. The lowest BCUT2D eigenvalue weighted by Crippen LogP contribution is -2.37. The zero-order valence-electron chi connectivity index (χ0n) is 18.7. The second kappa shape index (κ2) is 9.82. The van der Waals surface area contributed by atoms with Crippen molar-refractivity contribution in [1.29, 1.82) is 0 Å². The van der Waals surface area contributed by atoms with E-state index >= 15 is 0 Å². The van der Waals surface area contributed by atoms with Crippen molar-refractivity contribution in [2.45, 2.75) is 25.9 Å². The van der Waals surface area contributed by atoms with E-state index in [4.69, 9.17) is 14.0 Å². The van der Waals surface area contributed by atoms with Crippen LogP contribution in [0.2, 0.25) is 0 Å². The Bertz CT molecular complexity index is 1050. The van der Waals surface area contributed by atoms with E-state index in [1.807, 2.05) is 23.1 Å². The van der Waals surface area contributed by atoms with Crippen LogP contribution in [0.1, 0.15) is 40.1 Å². The number of carbonyl (C=O) groups is 1. The molecule has 8 heteroatoms. The number of aryl methyl sites for hydroxylation is 1. The summed E-state index contributed by atoms with van der Waals surface area (Å²) in [6.45, 7) is 4.42. The molecule has 0 radical (unpaired) electrons. The fraction of sp³-hybridized carbons (Fsp3) is 0.375. The number of hydrogen-bond donors (Lipinski definition) is 0. The molecule has 168 valence electrons. The number of amides is 1. The largest absolute Gasteiger partial charge is 0.497 e. The van der Waals surface area contributed by atoms with Gasteiger partial charge in [-0.2, -0.15) is 4.98 Å². The van der Waals surface area contributed by atoms with Crippen LogP contribution in [-0.4, -0.2) is 59.7 Å². The van der Waals surface area contributed by atoms with Crippen molar-refractivity contribution in [1.82, 2.24) is 19.9 Å². The van der Waals surface area contributed by atoms with Gasteiger partial charge in [0.15, 0.2) is 5.82 Å². The van der Waals surface area contributed by atoms with Crippen molar-refractivity contribution < 1.29 is 18.8 Å². The lowest BCUT2D eigenvalue weighted by atomic mass is 10.1. The minimum atomic E-state index is -0.202. The molecule has 0 spiro atoms. The van der Waals surface area contributed by atoms with Crippen molar-refractivity contribution in [3.05, 3.63) is 71.4 Å². The third-order valence-corrected chi connectivity index (χ3v) is 5.69. The molecule has 2 aromatic carbocycles. The van der Waals surface area contributed by atoms with Gasteiger partial charge in [-0.3, -0.25) is 9.69 Å². The minimum absolute atomic E-state index is 0.0905. The van der Waals surface area contributed by atoms with E-state index < -0.39 is 0 Å². The summed E-state index contributed by atoms with van der Waals surface area (Å²) in [4.78, 5) is 22.1. The van der Waals surface area contributed by atoms with Gasteiger partial charge in [-0.25, -0.2) is 0 Å². The van der Waals surface area contributed by atoms with Crippen LogP contribution < -0.4 is 9.47 Å². The summed E-state index contributed by atoms with van der Waals surface area (Å²) in [6, 6.07) is 15.3. The summed E-state index contributed by atoms with van der Waals surface area (Å²) in [5.74, 6) is 2.15. The molecule has 0 N–H and O–H groups in total. The summed E-state index contributed by atoms with van der Waals surface area (Å²) >= 11 is 0. The highest BCUT2D eigenvalue weighted by atomic mass is 16.5. The van der Waals surface area contributed by atoms with Gasteiger partial charge in [0.1, 0.15) is 17.5 Å². The normalized spacial score (nSPS) is 17.1. The molecule has 1 unspecified atom stereocenters. The van der Waals surface area contributed by atoms with E-state index in [1.165, 1.54) is 5.56 Å². The maximum absolute atomic E-state index is 13.5. The van der Waals surface area contributed by atoms with Crippen LogP contribution in [0.3, 0.4) is 0 Å².